The van der Waals surface area contributed by atoms with E-state index in [0.717, 1.165) is 29.2 Å². The van der Waals surface area contributed by atoms with E-state index in [2.05, 4.69) is 40.0 Å². The van der Waals surface area contributed by atoms with Crippen LogP contribution >= 0.6 is 0 Å². The van der Waals surface area contributed by atoms with E-state index in [1.807, 2.05) is 18.0 Å². The smallest absolute Gasteiger partial charge is 0.211 e. The number of hydrogen-bond acceptors (Lipinski definition) is 2. The normalized spacial score (nSPS) is 14.8. The van der Waals surface area contributed by atoms with Crippen molar-refractivity contribution in [3.05, 3.63) is 36.5 Å². The van der Waals surface area contributed by atoms with Crippen LogP contribution in [0.25, 0.3) is 22.1 Å². The summed E-state index contributed by atoms with van der Waals surface area (Å²) in [6.45, 7) is 0.878. The molecule has 0 fully saturated rings. The summed E-state index contributed by atoms with van der Waals surface area (Å²) in [7, 11) is 2.02. The van der Waals surface area contributed by atoms with E-state index in [4.69, 9.17) is 4.98 Å². The molecular formula is C13H12N4. The molecule has 3 aromatic rings. The van der Waals surface area contributed by atoms with Crippen LogP contribution in [0.4, 0.5) is 5.95 Å². The lowest BCUT2D eigenvalue weighted by atomic mass is 10.2. The van der Waals surface area contributed by atoms with Gasteiger partial charge in [0.1, 0.15) is 11.2 Å². The Morgan fingerprint density at radius 1 is 1.29 bits per heavy atom. The summed E-state index contributed by atoms with van der Waals surface area (Å²) in [5.41, 5.74) is 3.32. The highest BCUT2D eigenvalue weighted by molar-refractivity contribution is 6.04. The van der Waals surface area contributed by atoms with Crippen LogP contribution in [-0.4, -0.2) is 21.6 Å². The van der Waals surface area contributed by atoms with Crippen LogP contribution in [0.15, 0.2) is 36.5 Å². The average Bonchev–Trinajstić information content (AvgIpc) is 2.87. The standard InChI is InChI=1S/C13H12N4/c1-16-7-4-8-17-12-11(15-13(16)17)9-5-2-3-6-10(9)14-12/h2-7,14H,8H2,1H3. The number of imidazole rings is 1. The highest BCUT2D eigenvalue weighted by Gasteiger charge is 2.18. The molecule has 0 aliphatic carbocycles. The first kappa shape index (κ1) is 8.87. The number of allylic oxidation sites excluding steroid dienone is 1. The third-order valence-corrected chi connectivity index (χ3v) is 3.32. The van der Waals surface area contributed by atoms with E-state index in [0.29, 0.717) is 0 Å². The lowest BCUT2D eigenvalue weighted by Crippen LogP contribution is -2.18. The van der Waals surface area contributed by atoms with Gasteiger partial charge in [0, 0.05) is 30.7 Å². The number of benzene rings is 1. The summed E-state index contributed by atoms with van der Waals surface area (Å²) in [5.74, 6) is 1.000. The molecule has 1 aliphatic rings. The van der Waals surface area contributed by atoms with Crippen molar-refractivity contribution in [2.45, 2.75) is 6.54 Å². The number of aromatic nitrogens is 3. The molecule has 84 valence electrons. The third kappa shape index (κ3) is 1.04. The predicted molar refractivity (Wildman–Crippen MR) is 69.1 cm³/mol. The Labute approximate surface area is 98.2 Å². The molecule has 0 bridgehead atoms. The number of H-pyrrole nitrogens is 1. The van der Waals surface area contributed by atoms with Gasteiger partial charge in [-0.15, -0.1) is 0 Å². The summed E-state index contributed by atoms with van der Waals surface area (Å²) < 4.78 is 2.20. The topological polar surface area (TPSA) is 36.9 Å². The van der Waals surface area contributed by atoms with Crippen LogP contribution in [0.3, 0.4) is 0 Å². The molecule has 4 nitrogen and oxygen atoms in total. The molecule has 0 saturated carbocycles. The van der Waals surface area contributed by atoms with Crippen molar-refractivity contribution in [1.82, 2.24) is 14.5 Å². The monoisotopic (exact) mass is 224 g/mol. The van der Waals surface area contributed by atoms with Crippen molar-refractivity contribution < 1.29 is 0 Å². The minimum Gasteiger partial charge on any atom is -0.339 e. The Hall–Kier alpha value is -2.23. The maximum Gasteiger partial charge on any atom is 0.211 e. The zero-order chi connectivity index (χ0) is 11.4. The van der Waals surface area contributed by atoms with Gasteiger partial charge in [0.05, 0.1) is 0 Å². The Morgan fingerprint density at radius 3 is 3.12 bits per heavy atom. The Kier molecular flexibility index (Phi) is 1.52. The van der Waals surface area contributed by atoms with Crippen molar-refractivity contribution in [2.75, 3.05) is 11.9 Å². The van der Waals surface area contributed by atoms with Crippen LogP contribution in [0, 0.1) is 0 Å². The molecule has 3 heterocycles. The molecule has 4 heteroatoms. The number of nitrogens with one attached hydrogen (secondary N) is 1. The van der Waals surface area contributed by atoms with Crippen LogP contribution in [0.2, 0.25) is 0 Å². The van der Waals surface area contributed by atoms with Gasteiger partial charge in [0.25, 0.3) is 0 Å². The van der Waals surface area contributed by atoms with Gasteiger partial charge >= 0.3 is 0 Å². The van der Waals surface area contributed by atoms with Gasteiger partial charge in [-0.1, -0.05) is 18.2 Å². The summed E-state index contributed by atoms with van der Waals surface area (Å²) in [6, 6.07) is 8.30. The molecule has 0 atom stereocenters. The SMILES string of the molecule is CN1C=CCn2c1nc1c3ccccc3[nH]c12. The zero-order valence-electron chi connectivity index (χ0n) is 9.51. The lowest BCUT2D eigenvalue weighted by molar-refractivity contribution is 0.793. The number of hydrogen-bond donors (Lipinski definition) is 1. The molecule has 0 unspecified atom stereocenters. The number of aromatic amines is 1. The first-order valence-electron chi connectivity index (χ1n) is 5.71. The predicted octanol–water partition coefficient (Wildman–Crippen LogP) is 2.48. The number of nitrogens with zero attached hydrogens (tertiary/aromatic N) is 3. The van der Waals surface area contributed by atoms with Crippen LogP contribution in [0.5, 0.6) is 0 Å². The van der Waals surface area contributed by atoms with E-state index in [-0.39, 0.29) is 0 Å². The van der Waals surface area contributed by atoms with Gasteiger partial charge in [-0.2, -0.15) is 0 Å². The van der Waals surface area contributed by atoms with Crippen molar-refractivity contribution in [2.24, 2.45) is 0 Å². The van der Waals surface area contributed by atoms with Crippen molar-refractivity contribution in [3.63, 3.8) is 0 Å². The molecule has 0 spiro atoms. The molecule has 0 radical (unpaired) electrons. The lowest BCUT2D eigenvalue weighted by Gasteiger charge is -2.18. The third-order valence-electron chi connectivity index (χ3n) is 3.32. The molecule has 1 N–H and O–H groups in total. The Bertz CT molecular complexity index is 747. The number of rotatable bonds is 0. The maximum atomic E-state index is 4.73. The second-order valence-electron chi connectivity index (χ2n) is 4.39. The highest BCUT2D eigenvalue weighted by Crippen LogP contribution is 2.30. The van der Waals surface area contributed by atoms with Gasteiger partial charge < -0.3 is 9.88 Å². The minimum absolute atomic E-state index is 0.878. The zero-order valence-corrected chi connectivity index (χ0v) is 9.51. The van der Waals surface area contributed by atoms with Crippen molar-refractivity contribution in [1.29, 1.82) is 0 Å². The highest BCUT2D eigenvalue weighted by atomic mass is 15.3. The van der Waals surface area contributed by atoms with E-state index in [1.165, 1.54) is 5.39 Å². The summed E-state index contributed by atoms with van der Waals surface area (Å²) in [6.07, 6.45) is 4.20. The quantitative estimate of drug-likeness (QED) is 0.637. The van der Waals surface area contributed by atoms with Crippen LogP contribution < -0.4 is 4.90 Å². The Balaban J connectivity index is 2.15. The summed E-state index contributed by atoms with van der Waals surface area (Å²) in [4.78, 5) is 10.2. The van der Waals surface area contributed by atoms with E-state index in [1.54, 1.807) is 0 Å². The average molecular weight is 224 g/mol. The number of anilines is 1. The minimum atomic E-state index is 0.878. The Morgan fingerprint density at radius 2 is 2.18 bits per heavy atom. The van der Waals surface area contributed by atoms with Gasteiger partial charge in [0.15, 0.2) is 0 Å². The first-order valence-corrected chi connectivity index (χ1v) is 5.71. The van der Waals surface area contributed by atoms with Gasteiger partial charge in [-0.3, -0.25) is 4.57 Å². The second kappa shape index (κ2) is 2.91. The molecule has 1 aromatic carbocycles. The van der Waals surface area contributed by atoms with Gasteiger partial charge in [-0.05, 0) is 12.1 Å². The number of para-hydroxylation sites is 1. The molecule has 1 aliphatic heterocycles. The van der Waals surface area contributed by atoms with Crippen LogP contribution in [-0.2, 0) is 6.54 Å². The molecule has 17 heavy (non-hydrogen) atoms. The van der Waals surface area contributed by atoms with Crippen LogP contribution in [0.1, 0.15) is 0 Å². The van der Waals surface area contributed by atoms with E-state index in [9.17, 15) is 0 Å². The molecular weight excluding hydrogens is 212 g/mol. The largest absolute Gasteiger partial charge is 0.339 e. The fourth-order valence-electron chi connectivity index (χ4n) is 2.50. The fourth-order valence-corrected chi connectivity index (χ4v) is 2.50. The molecule has 2 aromatic heterocycles. The number of fused-ring (bicyclic) bond motifs is 5. The van der Waals surface area contributed by atoms with Crippen molar-refractivity contribution in [3.8, 4) is 0 Å². The summed E-state index contributed by atoms with van der Waals surface area (Å²) in [5, 5.41) is 1.19. The molecule has 4 rings (SSSR count). The van der Waals surface area contributed by atoms with E-state index < -0.39 is 0 Å². The summed E-state index contributed by atoms with van der Waals surface area (Å²) >= 11 is 0. The van der Waals surface area contributed by atoms with E-state index >= 15 is 0 Å². The van der Waals surface area contributed by atoms with Gasteiger partial charge in [-0.25, -0.2) is 4.98 Å². The van der Waals surface area contributed by atoms with Gasteiger partial charge in [0.2, 0.25) is 5.95 Å². The fraction of sp³-hybridized carbons (Fsp3) is 0.154. The molecule has 0 amide bonds. The van der Waals surface area contributed by atoms with Crippen molar-refractivity contribution >= 4 is 28.0 Å². The molecule has 0 saturated heterocycles. The first-order chi connectivity index (χ1) is 8.34. The second-order valence-corrected chi connectivity index (χ2v) is 4.39. The maximum absolute atomic E-state index is 4.73.